The Morgan fingerprint density at radius 2 is 2.31 bits per heavy atom. The van der Waals surface area contributed by atoms with Gasteiger partial charge in [-0.3, -0.25) is 0 Å². The van der Waals surface area contributed by atoms with Crippen LogP contribution in [0.2, 0.25) is 0 Å². The second kappa shape index (κ2) is 8.97. The topological polar surface area (TPSA) is 33.3 Å². The molecular formula is C13H28N2O. The van der Waals surface area contributed by atoms with E-state index in [2.05, 4.69) is 24.5 Å². The van der Waals surface area contributed by atoms with E-state index in [0.717, 1.165) is 38.8 Å². The van der Waals surface area contributed by atoms with Crippen LogP contribution in [0.3, 0.4) is 0 Å². The summed E-state index contributed by atoms with van der Waals surface area (Å²) in [5.74, 6) is 0.851. The number of hydrogen-bond acceptors (Lipinski definition) is 3. The Morgan fingerprint density at radius 3 is 2.94 bits per heavy atom. The molecule has 0 saturated carbocycles. The van der Waals surface area contributed by atoms with Crippen LogP contribution in [-0.4, -0.2) is 38.9 Å². The molecule has 0 bridgehead atoms. The van der Waals surface area contributed by atoms with Crippen LogP contribution < -0.4 is 10.6 Å². The van der Waals surface area contributed by atoms with E-state index < -0.39 is 0 Å². The third kappa shape index (κ3) is 5.83. The van der Waals surface area contributed by atoms with Crippen molar-refractivity contribution in [2.45, 2.75) is 45.6 Å². The highest BCUT2D eigenvalue weighted by Crippen LogP contribution is 2.11. The molecule has 1 aliphatic heterocycles. The van der Waals surface area contributed by atoms with Crippen molar-refractivity contribution < 1.29 is 4.74 Å². The van der Waals surface area contributed by atoms with Crippen LogP contribution in [0, 0.1) is 5.92 Å². The van der Waals surface area contributed by atoms with E-state index in [0.29, 0.717) is 6.04 Å². The molecule has 1 heterocycles. The van der Waals surface area contributed by atoms with Gasteiger partial charge in [0.2, 0.25) is 0 Å². The van der Waals surface area contributed by atoms with Crippen LogP contribution in [0.4, 0.5) is 0 Å². The highest BCUT2D eigenvalue weighted by Gasteiger charge is 2.13. The first kappa shape index (κ1) is 13.9. The molecule has 1 fully saturated rings. The van der Waals surface area contributed by atoms with E-state index in [4.69, 9.17) is 4.74 Å². The lowest BCUT2D eigenvalue weighted by Crippen LogP contribution is -2.47. The number of hydrogen-bond donors (Lipinski definition) is 2. The molecule has 2 N–H and O–H groups in total. The molecule has 0 aromatic rings. The average molecular weight is 228 g/mol. The third-order valence-corrected chi connectivity index (χ3v) is 3.37. The zero-order chi connectivity index (χ0) is 11.6. The number of nitrogens with one attached hydrogen (secondary N) is 2. The molecule has 1 aliphatic rings. The summed E-state index contributed by atoms with van der Waals surface area (Å²) in [7, 11) is 0. The molecule has 96 valence electrons. The van der Waals surface area contributed by atoms with Gasteiger partial charge in [-0.25, -0.2) is 0 Å². The molecule has 0 aromatic heterocycles. The van der Waals surface area contributed by atoms with Gasteiger partial charge in [-0.15, -0.1) is 0 Å². The van der Waals surface area contributed by atoms with Gasteiger partial charge in [0, 0.05) is 19.1 Å². The van der Waals surface area contributed by atoms with Crippen molar-refractivity contribution in [3.63, 3.8) is 0 Å². The first-order chi connectivity index (χ1) is 7.86. The number of morpholine rings is 1. The van der Waals surface area contributed by atoms with Crippen molar-refractivity contribution in [3.05, 3.63) is 0 Å². The molecule has 2 unspecified atom stereocenters. The number of unbranched alkanes of at least 4 members (excludes halogenated alkanes) is 1. The summed E-state index contributed by atoms with van der Waals surface area (Å²) in [5.41, 5.74) is 0. The lowest BCUT2D eigenvalue weighted by molar-refractivity contribution is 0.0764. The predicted octanol–water partition coefficient (Wildman–Crippen LogP) is 1.78. The highest BCUT2D eigenvalue weighted by atomic mass is 16.5. The van der Waals surface area contributed by atoms with Crippen molar-refractivity contribution in [2.75, 3.05) is 32.8 Å². The summed E-state index contributed by atoms with van der Waals surface area (Å²) in [4.78, 5) is 0. The SMILES string of the molecule is CCCCC(CC)CNCC1COCCN1. The standard InChI is InChI=1S/C13H28N2O/c1-3-5-6-12(4-2)9-14-10-13-11-16-8-7-15-13/h12-15H,3-11H2,1-2H3. The lowest BCUT2D eigenvalue weighted by atomic mass is 9.99. The van der Waals surface area contributed by atoms with Crippen LogP contribution in [0.5, 0.6) is 0 Å². The number of rotatable bonds is 8. The monoisotopic (exact) mass is 228 g/mol. The van der Waals surface area contributed by atoms with Gasteiger partial charge in [-0.05, 0) is 18.9 Å². The Kier molecular flexibility index (Phi) is 7.81. The largest absolute Gasteiger partial charge is 0.378 e. The van der Waals surface area contributed by atoms with E-state index in [1.165, 1.54) is 25.7 Å². The second-order valence-electron chi connectivity index (χ2n) is 4.80. The van der Waals surface area contributed by atoms with Crippen molar-refractivity contribution >= 4 is 0 Å². The van der Waals surface area contributed by atoms with Crippen molar-refractivity contribution in [1.82, 2.24) is 10.6 Å². The van der Waals surface area contributed by atoms with Gasteiger partial charge in [0.25, 0.3) is 0 Å². The van der Waals surface area contributed by atoms with E-state index >= 15 is 0 Å². The molecule has 1 saturated heterocycles. The minimum Gasteiger partial charge on any atom is -0.378 e. The summed E-state index contributed by atoms with van der Waals surface area (Å²) in [5, 5.41) is 7.04. The van der Waals surface area contributed by atoms with Crippen molar-refractivity contribution in [1.29, 1.82) is 0 Å². The van der Waals surface area contributed by atoms with Crippen molar-refractivity contribution in [3.8, 4) is 0 Å². The minimum absolute atomic E-state index is 0.512. The minimum atomic E-state index is 0.512. The van der Waals surface area contributed by atoms with Crippen LogP contribution in [0.15, 0.2) is 0 Å². The predicted molar refractivity (Wildman–Crippen MR) is 68.8 cm³/mol. The Hall–Kier alpha value is -0.120. The molecule has 0 aromatic carbocycles. The van der Waals surface area contributed by atoms with E-state index in [1.54, 1.807) is 0 Å². The Labute approximate surface area is 100 Å². The maximum atomic E-state index is 5.43. The summed E-state index contributed by atoms with van der Waals surface area (Å²) in [6.07, 6.45) is 5.34. The van der Waals surface area contributed by atoms with Gasteiger partial charge in [0.05, 0.1) is 13.2 Å². The van der Waals surface area contributed by atoms with Crippen molar-refractivity contribution in [2.24, 2.45) is 5.92 Å². The molecule has 3 nitrogen and oxygen atoms in total. The summed E-state index contributed by atoms with van der Waals surface area (Å²) < 4.78 is 5.43. The summed E-state index contributed by atoms with van der Waals surface area (Å²) in [6.45, 7) is 9.49. The molecule has 16 heavy (non-hydrogen) atoms. The smallest absolute Gasteiger partial charge is 0.0632 e. The maximum Gasteiger partial charge on any atom is 0.0632 e. The molecule has 0 spiro atoms. The van der Waals surface area contributed by atoms with Gasteiger partial charge in [-0.2, -0.15) is 0 Å². The quantitative estimate of drug-likeness (QED) is 0.664. The molecular weight excluding hydrogens is 200 g/mol. The fourth-order valence-electron chi connectivity index (χ4n) is 2.16. The normalized spacial score (nSPS) is 23.2. The second-order valence-corrected chi connectivity index (χ2v) is 4.80. The zero-order valence-electron chi connectivity index (χ0n) is 10.9. The molecule has 0 amide bonds. The lowest BCUT2D eigenvalue weighted by Gasteiger charge is -2.25. The van der Waals surface area contributed by atoms with Gasteiger partial charge < -0.3 is 15.4 Å². The molecule has 2 atom stereocenters. The Balaban J connectivity index is 2.02. The first-order valence-electron chi connectivity index (χ1n) is 6.88. The van der Waals surface area contributed by atoms with Gasteiger partial charge in [0.1, 0.15) is 0 Å². The fraction of sp³-hybridized carbons (Fsp3) is 1.00. The third-order valence-electron chi connectivity index (χ3n) is 3.37. The molecule has 0 aliphatic carbocycles. The first-order valence-corrected chi connectivity index (χ1v) is 6.88. The Bertz CT molecular complexity index is 158. The maximum absolute atomic E-state index is 5.43. The van der Waals surface area contributed by atoms with Gasteiger partial charge in [-0.1, -0.05) is 33.1 Å². The number of ether oxygens (including phenoxy) is 1. The summed E-state index contributed by atoms with van der Waals surface area (Å²) in [6, 6.07) is 0.512. The van der Waals surface area contributed by atoms with E-state index in [1.807, 2.05) is 0 Å². The van der Waals surface area contributed by atoms with E-state index in [-0.39, 0.29) is 0 Å². The molecule has 0 radical (unpaired) electrons. The van der Waals surface area contributed by atoms with Crippen LogP contribution in [0.25, 0.3) is 0 Å². The molecule has 3 heteroatoms. The van der Waals surface area contributed by atoms with E-state index in [9.17, 15) is 0 Å². The van der Waals surface area contributed by atoms with Gasteiger partial charge in [0.15, 0.2) is 0 Å². The highest BCUT2D eigenvalue weighted by molar-refractivity contribution is 4.73. The van der Waals surface area contributed by atoms with Gasteiger partial charge >= 0.3 is 0 Å². The average Bonchev–Trinajstić information content (AvgIpc) is 2.35. The Morgan fingerprint density at radius 1 is 1.44 bits per heavy atom. The van der Waals surface area contributed by atoms with Crippen LogP contribution in [-0.2, 0) is 4.74 Å². The van der Waals surface area contributed by atoms with Crippen LogP contribution in [0.1, 0.15) is 39.5 Å². The molecule has 1 rings (SSSR count). The van der Waals surface area contributed by atoms with Crippen LogP contribution >= 0.6 is 0 Å². The fourth-order valence-corrected chi connectivity index (χ4v) is 2.16. The summed E-state index contributed by atoms with van der Waals surface area (Å²) >= 11 is 0. The zero-order valence-corrected chi connectivity index (χ0v) is 10.9.